The maximum absolute atomic E-state index is 13.5. The average molecular weight is 258 g/mol. The smallest absolute Gasteiger partial charge is 0.252 e. The zero-order valence-electron chi connectivity index (χ0n) is 10.8. The number of hydrogen-bond acceptors (Lipinski definition) is 2. The van der Waals surface area contributed by atoms with Crippen molar-refractivity contribution in [3.8, 4) is 0 Å². The number of carbonyl (C=O) groups excluding carboxylic acids is 1. The number of carbonyl (C=O) groups is 1. The second kappa shape index (κ2) is 4.61. The van der Waals surface area contributed by atoms with Crippen molar-refractivity contribution in [2.45, 2.75) is 25.7 Å². The molecule has 0 saturated heterocycles. The summed E-state index contributed by atoms with van der Waals surface area (Å²) in [6.07, 6.45) is 3.89. The molecule has 0 fully saturated rings. The van der Waals surface area contributed by atoms with E-state index < -0.39 is 0 Å². The molecule has 0 saturated carbocycles. The van der Waals surface area contributed by atoms with Crippen LogP contribution < -0.4 is 5.32 Å². The highest BCUT2D eigenvalue weighted by atomic mass is 19.1. The number of aryl methyl sites for hydroxylation is 1. The molecule has 0 radical (unpaired) electrons. The van der Waals surface area contributed by atoms with E-state index in [2.05, 4.69) is 10.3 Å². The SMILES string of the molecule is CNC(=O)c1c2c(nc3ccc(F)cc13)CCCC2. The van der Waals surface area contributed by atoms with E-state index >= 15 is 0 Å². The Kier molecular flexibility index (Phi) is 2.93. The van der Waals surface area contributed by atoms with Crippen LogP contribution in [0, 0.1) is 5.82 Å². The van der Waals surface area contributed by atoms with Gasteiger partial charge in [-0.2, -0.15) is 0 Å². The van der Waals surface area contributed by atoms with Crippen molar-refractivity contribution >= 4 is 16.8 Å². The molecule has 1 aromatic heterocycles. The van der Waals surface area contributed by atoms with Crippen molar-refractivity contribution in [2.75, 3.05) is 7.05 Å². The van der Waals surface area contributed by atoms with Crippen molar-refractivity contribution in [3.63, 3.8) is 0 Å². The first-order valence-electron chi connectivity index (χ1n) is 6.54. The number of aromatic nitrogens is 1. The van der Waals surface area contributed by atoms with Gasteiger partial charge in [-0.05, 0) is 49.4 Å². The Morgan fingerprint density at radius 1 is 1.32 bits per heavy atom. The van der Waals surface area contributed by atoms with Crippen molar-refractivity contribution < 1.29 is 9.18 Å². The molecular formula is C15H15FN2O. The third-order valence-electron chi connectivity index (χ3n) is 3.68. The van der Waals surface area contributed by atoms with Gasteiger partial charge in [-0.25, -0.2) is 4.39 Å². The first kappa shape index (κ1) is 12.1. The number of nitrogens with zero attached hydrogens (tertiary/aromatic N) is 1. The van der Waals surface area contributed by atoms with E-state index in [-0.39, 0.29) is 11.7 Å². The molecule has 1 aliphatic carbocycles. The van der Waals surface area contributed by atoms with E-state index in [1.165, 1.54) is 12.1 Å². The number of halogens is 1. The second-order valence-corrected chi connectivity index (χ2v) is 4.86. The normalized spacial score (nSPS) is 14.2. The molecule has 0 spiro atoms. The van der Waals surface area contributed by atoms with E-state index in [1.54, 1.807) is 13.1 Å². The predicted octanol–water partition coefficient (Wildman–Crippen LogP) is 2.61. The molecule has 1 N–H and O–H groups in total. The molecule has 1 amide bonds. The molecule has 4 heteroatoms. The molecule has 3 rings (SSSR count). The number of nitrogens with one attached hydrogen (secondary N) is 1. The van der Waals surface area contributed by atoms with E-state index in [1.807, 2.05) is 0 Å². The van der Waals surface area contributed by atoms with Crippen LogP contribution in [0.2, 0.25) is 0 Å². The van der Waals surface area contributed by atoms with Gasteiger partial charge in [0.2, 0.25) is 0 Å². The van der Waals surface area contributed by atoms with Crippen LogP contribution in [0.3, 0.4) is 0 Å². The fraction of sp³-hybridized carbons (Fsp3) is 0.333. The van der Waals surface area contributed by atoms with Gasteiger partial charge >= 0.3 is 0 Å². The lowest BCUT2D eigenvalue weighted by atomic mass is 9.89. The number of benzene rings is 1. The molecule has 2 aromatic rings. The third-order valence-corrected chi connectivity index (χ3v) is 3.68. The molecule has 3 nitrogen and oxygen atoms in total. The van der Waals surface area contributed by atoms with E-state index in [9.17, 15) is 9.18 Å². The maximum Gasteiger partial charge on any atom is 0.252 e. The van der Waals surface area contributed by atoms with Gasteiger partial charge in [0, 0.05) is 18.1 Å². The molecule has 0 atom stereocenters. The van der Waals surface area contributed by atoms with Gasteiger partial charge in [0.15, 0.2) is 0 Å². The average Bonchev–Trinajstić information content (AvgIpc) is 2.44. The minimum Gasteiger partial charge on any atom is -0.355 e. The number of pyridine rings is 1. The van der Waals surface area contributed by atoms with E-state index in [4.69, 9.17) is 0 Å². The van der Waals surface area contributed by atoms with Gasteiger partial charge in [-0.1, -0.05) is 0 Å². The molecule has 1 aliphatic rings. The van der Waals surface area contributed by atoms with E-state index in [0.717, 1.165) is 36.9 Å². The van der Waals surface area contributed by atoms with Crippen LogP contribution >= 0.6 is 0 Å². The van der Waals surface area contributed by atoms with E-state index in [0.29, 0.717) is 16.5 Å². The summed E-state index contributed by atoms with van der Waals surface area (Å²) >= 11 is 0. The lowest BCUT2D eigenvalue weighted by Gasteiger charge is -2.19. The minimum atomic E-state index is -0.338. The highest BCUT2D eigenvalue weighted by Gasteiger charge is 2.22. The molecule has 98 valence electrons. The Labute approximate surface area is 110 Å². The zero-order valence-corrected chi connectivity index (χ0v) is 10.8. The monoisotopic (exact) mass is 258 g/mol. The highest BCUT2D eigenvalue weighted by molar-refractivity contribution is 6.07. The van der Waals surface area contributed by atoms with Gasteiger partial charge in [0.1, 0.15) is 5.82 Å². The summed E-state index contributed by atoms with van der Waals surface area (Å²) in [5.41, 5.74) is 3.27. The summed E-state index contributed by atoms with van der Waals surface area (Å²) in [7, 11) is 1.60. The standard InChI is InChI=1S/C15H15FN2O/c1-17-15(19)14-10-4-2-3-5-12(10)18-13-7-6-9(16)8-11(13)14/h6-8H,2-5H2,1H3,(H,17,19). The van der Waals surface area contributed by atoms with Crippen molar-refractivity contribution in [1.29, 1.82) is 0 Å². The predicted molar refractivity (Wildman–Crippen MR) is 71.7 cm³/mol. The number of hydrogen-bond donors (Lipinski definition) is 1. The fourth-order valence-corrected chi connectivity index (χ4v) is 2.78. The fourth-order valence-electron chi connectivity index (χ4n) is 2.78. The largest absolute Gasteiger partial charge is 0.355 e. The molecular weight excluding hydrogens is 243 g/mol. The summed E-state index contributed by atoms with van der Waals surface area (Å²) in [5.74, 6) is -0.494. The summed E-state index contributed by atoms with van der Waals surface area (Å²) in [4.78, 5) is 16.7. The van der Waals surface area contributed by atoms with Crippen LogP contribution in [0.1, 0.15) is 34.5 Å². The highest BCUT2D eigenvalue weighted by Crippen LogP contribution is 2.29. The number of fused-ring (bicyclic) bond motifs is 2. The third kappa shape index (κ3) is 1.97. The summed E-state index contributed by atoms with van der Waals surface area (Å²) in [5, 5.41) is 3.26. The van der Waals surface area contributed by atoms with Gasteiger partial charge in [0.25, 0.3) is 5.91 Å². The Morgan fingerprint density at radius 2 is 2.11 bits per heavy atom. The Bertz CT molecular complexity index is 667. The topological polar surface area (TPSA) is 42.0 Å². The van der Waals surface area contributed by atoms with Crippen LogP contribution in [0.15, 0.2) is 18.2 Å². The van der Waals surface area contributed by atoms with Crippen molar-refractivity contribution in [1.82, 2.24) is 10.3 Å². The molecule has 19 heavy (non-hydrogen) atoms. The Balaban J connectivity index is 2.37. The number of amides is 1. The zero-order chi connectivity index (χ0) is 13.4. The molecule has 0 bridgehead atoms. The van der Waals surface area contributed by atoms with Crippen LogP contribution in [-0.4, -0.2) is 17.9 Å². The lowest BCUT2D eigenvalue weighted by Crippen LogP contribution is -2.22. The van der Waals surface area contributed by atoms with Gasteiger partial charge in [0.05, 0.1) is 11.1 Å². The first-order chi connectivity index (χ1) is 9.20. The number of rotatable bonds is 1. The van der Waals surface area contributed by atoms with Gasteiger partial charge in [-0.3, -0.25) is 9.78 Å². The molecule has 0 unspecified atom stereocenters. The minimum absolute atomic E-state index is 0.156. The molecule has 0 aliphatic heterocycles. The Morgan fingerprint density at radius 3 is 2.89 bits per heavy atom. The molecule has 1 aromatic carbocycles. The summed E-state index contributed by atoms with van der Waals surface area (Å²) in [6, 6.07) is 4.44. The maximum atomic E-state index is 13.5. The second-order valence-electron chi connectivity index (χ2n) is 4.86. The van der Waals surface area contributed by atoms with Gasteiger partial charge < -0.3 is 5.32 Å². The Hall–Kier alpha value is -1.97. The van der Waals surface area contributed by atoms with Crippen molar-refractivity contribution in [2.24, 2.45) is 0 Å². The van der Waals surface area contributed by atoms with Crippen LogP contribution in [0.5, 0.6) is 0 Å². The van der Waals surface area contributed by atoms with Crippen LogP contribution in [-0.2, 0) is 12.8 Å². The summed E-state index contributed by atoms with van der Waals surface area (Å²) in [6.45, 7) is 0. The first-order valence-corrected chi connectivity index (χ1v) is 6.54. The van der Waals surface area contributed by atoms with Crippen molar-refractivity contribution in [3.05, 3.63) is 40.8 Å². The van der Waals surface area contributed by atoms with Gasteiger partial charge in [-0.15, -0.1) is 0 Å². The van der Waals surface area contributed by atoms with Crippen LogP contribution in [0.25, 0.3) is 10.9 Å². The molecule has 1 heterocycles. The summed E-state index contributed by atoms with van der Waals surface area (Å²) < 4.78 is 13.5. The quantitative estimate of drug-likeness (QED) is 0.854. The van der Waals surface area contributed by atoms with Crippen LogP contribution in [0.4, 0.5) is 4.39 Å². The lowest BCUT2D eigenvalue weighted by molar-refractivity contribution is 0.0963.